The first kappa shape index (κ1) is 21.8. The van der Waals surface area contributed by atoms with E-state index in [0.29, 0.717) is 33.4 Å². The Bertz CT molecular complexity index is 1090. The highest BCUT2D eigenvalue weighted by Gasteiger charge is 2.22. The quantitative estimate of drug-likeness (QED) is 0.310. The Kier molecular flexibility index (Phi) is 7.42. The number of amides is 1. The van der Waals surface area contributed by atoms with Crippen LogP contribution in [0.25, 0.3) is 11.1 Å². The molecule has 0 atom stereocenters. The molecule has 3 aromatic rings. The maximum atomic E-state index is 12.6. The van der Waals surface area contributed by atoms with Gasteiger partial charge in [-0.1, -0.05) is 49.0 Å². The van der Waals surface area contributed by atoms with Crippen LogP contribution in [0.3, 0.4) is 0 Å². The zero-order chi connectivity index (χ0) is 21.5. The summed E-state index contributed by atoms with van der Waals surface area (Å²) < 4.78 is 5.20. The predicted molar refractivity (Wildman–Crippen MR) is 119 cm³/mol. The Balaban J connectivity index is 1.78. The van der Waals surface area contributed by atoms with Crippen molar-refractivity contribution in [1.29, 1.82) is 0 Å². The van der Waals surface area contributed by atoms with Gasteiger partial charge in [-0.2, -0.15) is 0 Å². The number of aromatic amines is 1. The molecule has 0 radical (unpaired) electrons. The van der Waals surface area contributed by atoms with Crippen molar-refractivity contribution in [3.63, 3.8) is 0 Å². The number of aromatic nitrogens is 2. The van der Waals surface area contributed by atoms with Crippen molar-refractivity contribution in [3.8, 4) is 11.1 Å². The highest BCUT2D eigenvalue weighted by atomic mass is 32.2. The zero-order valence-electron chi connectivity index (χ0n) is 16.6. The van der Waals surface area contributed by atoms with E-state index in [-0.39, 0.29) is 23.8 Å². The van der Waals surface area contributed by atoms with Crippen molar-refractivity contribution in [1.82, 2.24) is 9.97 Å². The average Bonchev–Trinajstić information content (AvgIpc) is 3.16. The van der Waals surface area contributed by atoms with Crippen LogP contribution in [-0.4, -0.2) is 34.2 Å². The number of thiophene rings is 1. The predicted octanol–water partition coefficient (Wildman–Crippen LogP) is 3.97. The Morgan fingerprint density at radius 1 is 1.23 bits per heavy atom. The fourth-order valence-corrected chi connectivity index (χ4v) is 4.38. The minimum absolute atomic E-state index is 0.0386. The van der Waals surface area contributed by atoms with Gasteiger partial charge in [-0.25, -0.2) is 9.78 Å². The second-order valence-corrected chi connectivity index (χ2v) is 8.02. The van der Waals surface area contributed by atoms with Crippen molar-refractivity contribution in [2.45, 2.75) is 25.4 Å². The highest BCUT2D eigenvalue weighted by Crippen LogP contribution is 2.36. The number of anilines is 1. The van der Waals surface area contributed by atoms with Crippen LogP contribution in [0, 0.1) is 0 Å². The standard InChI is InChI=1S/C21H21N3O4S2/c1-3-14-10-16(25)24-21(22-14)30-12-17(26)23-19-18(20(27)28-4-2)15(11-29-19)13-8-6-5-7-9-13/h5-11H,3-4,12H2,1-2H3,(H,23,26)(H,22,24,25). The van der Waals surface area contributed by atoms with Gasteiger partial charge in [0, 0.05) is 22.7 Å². The van der Waals surface area contributed by atoms with Crippen LogP contribution in [0.4, 0.5) is 5.00 Å². The van der Waals surface area contributed by atoms with Crippen molar-refractivity contribution >= 4 is 40.0 Å². The second kappa shape index (κ2) is 10.2. The molecular weight excluding hydrogens is 422 g/mol. The first-order chi connectivity index (χ1) is 14.5. The van der Waals surface area contributed by atoms with Crippen LogP contribution < -0.4 is 10.9 Å². The van der Waals surface area contributed by atoms with Crippen molar-refractivity contribution in [2.75, 3.05) is 17.7 Å². The van der Waals surface area contributed by atoms with Crippen LogP contribution in [-0.2, 0) is 16.0 Å². The molecule has 0 unspecified atom stereocenters. The number of rotatable bonds is 8. The first-order valence-electron chi connectivity index (χ1n) is 9.38. The maximum Gasteiger partial charge on any atom is 0.341 e. The molecule has 0 bridgehead atoms. The third-order valence-electron chi connectivity index (χ3n) is 4.08. The summed E-state index contributed by atoms with van der Waals surface area (Å²) in [7, 11) is 0. The minimum atomic E-state index is -0.484. The summed E-state index contributed by atoms with van der Waals surface area (Å²) in [5, 5.41) is 5.44. The molecule has 0 aliphatic heterocycles. The summed E-state index contributed by atoms with van der Waals surface area (Å²) in [6, 6.07) is 10.9. The Morgan fingerprint density at radius 2 is 2.00 bits per heavy atom. The first-order valence-corrected chi connectivity index (χ1v) is 11.2. The van der Waals surface area contributed by atoms with Gasteiger partial charge < -0.3 is 15.0 Å². The van der Waals surface area contributed by atoms with Gasteiger partial charge in [0.1, 0.15) is 10.6 Å². The lowest BCUT2D eigenvalue weighted by Crippen LogP contribution is -2.17. The number of hydrogen-bond donors (Lipinski definition) is 2. The molecular formula is C21H21N3O4S2. The molecule has 0 fully saturated rings. The molecule has 9 heteroatoms. The molecule has 3 rings (SSSR count). The number of nitrogens with zero attached hydrogens (tertiary/aromatic N) is 1. The number of carbonyl (C=O) groups excluding carboxylic acids is 2. The summed E-state index contributed by atoms with van der Waals surface area (Å²) in [4.78, 5) is 43.7. The summed E-state index contributed by atoms with van der Waals surface area (Å²) in [6.07, 6.45) is 0.629. The van der Waals surface area contributed by atoms with E-state index in [9.17, 15) is 14.4 Å². The largest absolute Gasteiger partial charge is 0.462 e. The molecule has 30 heavy (non-hydrogen) atoms. The van der Waals surface area contributed by atoms with Gasteiger partial charge in [0.15, 0.2) is 5.16 Å². The molecule has 0 saturated carbocycles. The molecule has 1 aromatic carbocycles. The molecule has 2 N–H and O–H groups in total. The molecule has 0 saturated heterocycles. The average molecular weight is 444 g/mol. The lowest BCUT2D eigenvalue weighted by Gasteiger charge is -2.09. The van der Waals surface area contributed by atoms with Crippen molar-refractivity contribution < 1.29 is 14.3 Å². The van der Waals surface area contributed by atoms with E-state index in [0.717, 1.165) is 17.3 Å². The SMILES string of the molecule is CCOC(=O)c1c(-c2ccccc2)csc1NC(=O)CSc1nc(CC)cc(=O)[nH]1. The number of carbonyl (C=O) groups is 2. The zero-order valence-corrected chi connectivity index (χ0v) is 18.2. The third kappa shape index (κ3) is 5.37. The van der Waals surface area contributed by atoms with E-state index >= 15 is 0 Å². The van der Waals surface area contributed by atoms with Crippen LogP contribution in [0.2, 0.25) is 0 Å². The molecule has 7 nitrogen and oxygen atoms in total. The smallest absolute Gasteiger partial charge is 0.341 e. The summed E-state index contributed by atoms with van der Waals surface area (Å²) in [6.45, 7) is 3.87. The number of benzene rings is 1. The summed E-state index contributed by atoms with van der Waals surface area (Å²) in [5.74, 6) is -0.754. The molecule has 156 valence electrons. The van der Waals surface area contributed by atoms with Gasteiger partial charge in [0.25, 0.3) is 5.56 Å². The van der Waals surface area contributed by atoms with Gasteiger partial charge in [0.2, 0.25) is 5.91 Å². The number of aryl methyl sites for hydroxylation is 1. The lowest BCUT2D eigenvalue weighted by molar-refractivity contribution is -0.113. The van der Waals surface area contributed by atoms with Crippen molar-refractivity contribution in [2.24, 2.45) is 0 Å². The number of esters is 1. The van der Waals surface area contributed by atoms with Gasteiger partial charge in [-0.3, -0.25) is 9.59 Å². The molecule has 0 aliphatic carbocycles. The van der Waals surface area contributed by atoms with E-state index < -0.39 is 5.97 Å². The summed E-state index contributed by atoms with van der Waals surface area (Å²) in [5.41, 5.74) is 2.33. The van der Waals surface area contributed by atoms with E-state index in [2.05, 4.69) is 15.3 Å². The topological polar surface area (TPSA) is 101 Å². The molecule has 0 spiro atoms. The van der Waals surface area contributed by atoms with Crippen LogP contribution in [0.1, 0.15) is 29.9 Å². The monoisotopic (exact) mass is 443 g/mol. The normalized spacial score (nSPS) is 10.6. The number of ether oxygens (including phenoxy) is 1. The maximum absolute atomic E-state index is 12.6. The van der Waals surface area contributed by atoms with Crippen molar-refractivity contribution in [3.05, 3.63) is 63.4 Å². The Hall–Kier alpha value is -2.91. The Labute approximate surface area is 181 Å². The molecule has 2 aromatic heterocycles. The highest BCUT2D eigenvalue weighted by molar-refractivity contribution is 7.99. The minimum Gasteiger partial charge on any atom is -0.462 e. The number of thioether (sulfide) groups is 1. The number of H-pyrrole nitrogens is 1. The number of hydrogen-bond acceptors (Lipinski definition) is 7. The molecule has 2 heterocycles. The Morgan fingerprint density at radius 3 is 2.70 bits per heavy atom. The molecule has 0 aliphatic rings. The van der Waals surface area contributed by atoms with Gasteiger partial charge in [-0.15, -0.1) is 11.3 Å². The van der Waals surface area contributed by atoms with E-state index in [1.54, 1.807) is 6.92 Å². The van der Waals surface area contributed by atoms with E-state index in [1.165, 1.54) is 17.4 Å². The molecule has 1 amide bonds. The van der Waals surface area contributed by atoms with Crippen LogP contribution >= 0.6 is 23.1 Å². The van der Waals surface area contributed by atoms with Gasteiger partial charge >= 0.3 is 5.97 Å². The fourth-order valence-electron chi connectivity index (χ4n) is 2.72. The van der Waals surface area contributed by atoms with Crippen LogP contribution in [0.15, 0.2) is 51.7 Å². The summed E-state index contributed by atoms with van der Waals surface area (Å²) >= 11 is 2.40. The van der Waals surface area contributed by atoms with Crippen LogP contribution in [0.5, 0.6) is 0 Å². The van der Waals surface area contributed by atoms with E-state index in [4.69, 9.17) is 4.74 Å². The number of nitrogens with one attached hydrogen (secondary N) is 2. The third-order valence-corrected chi connectivity index (χ3v) is 5.85. The second-order valence-electron chi connectivity index (χ2n) is 6.17. The van der Waals surface area contributed by atoms with E-state index in [1.807, 2.05) is 42.6 Å². The fraction of sp³-hybridized carbons (Fsp3) is 0.238. The van der Waals surface area contributed by atoms with Gasteiger partial charge in [-0.05, 0) is 18.9 Å². The van der Waals surface area contributed by atoms with Gasteiger partial charge in [0.05, 0.1) is 12.4 Å². The lowest BCUT2D eigenvalue weighted by atomic mass is 10.0.